The molecule has 0 aliphatic rings. The minimum absolute atomic E-state index is 0.0177. The van der Waals surface area contributed by atoms with Gasteiger partial charge in [-0.3, -0.25) is 0 Å². The van der Waals surface area contributed by atoms with Crippen molar-refractivity contribution in [2.24, 2.45) is 7.05 Å². The van der Waals surface area contributed by atoms with E-state index in [9.17, 15) is 0 Å². The van der Waals surface area contributed by atoms with E-state index in [1.54, 1.807) is 23.1 Å². The fourth-order valence-corrected chi connectivity index (χ4v) is 3.86. The van der Waals surface area contributed by atoms with E-state index in [4.69, 9.17) is 5.73 Å². The topological polar surface area (TPSA) is 95.4 Å². The number of aromatic nitrogens is 6. The molecule has 21 heavy (non-hydrogen) atoms. The Morgan fingerprint density at radius 2 is 2.05 bits per heavy atom. The van der Waals surface area contributed by atoms with Crippen molar-refractivity contribution in [2.75, 3.05) is 5.73 Å². The molecule has 0 aromatic carbocycles. The molecule has 3 heterocycles. The Kier molecular flexibility index (Phi) is 3.54. The van der Waals surface area contributed by atoms with Gasteiger partial charge >= 0.3 is 0 Å². The smallest absolute Gasteiger partial charge is 0.209 e. The van der Waals surface area contributed by atoms with Crippen LogP contribution in [0.5, 0.6) is 0 Å². The molecule has 3 aromatic rings. The van der Waals surface area contributed by atoms with Gasteiger partial charge in [-0.25, -0.2) is 14.6 Å². The molecular weight excluding hydrogens is 306 g/mol. The molecule has 2 N–H and O–H groups in total. The van der Waals surface area contributed by atoms with E-state index in [2.05, 4.69) is 39.3 Å². The third kappa shape index (κ3) is 2.46. The van der Waals surface area contributed by atoms with Crippen LogP contribution in [-0.2, 0) is 7.05 Å². The van der Waals surface area contributed by atoms with Gasteiger partial charge in [0.2, 0.25) is 5.16 Å². The predicted octanol–water partition coefficient (Wildman–Crippen LogP) is 2.27. The molecule has 3 rings (SSSR count). The van der Waals surface area contributed by atoms with Gasteiger partial charge in [0, 0.05) is 11.9 Å². The molecule has 0 spiro atoms. The van der Waals surface area contributed by atoms with E-state index < -0.39 is 0 Å². The minimum Gasteiger partial charge on any atom is -0.383 e. The molecular formula is C12H15N7S2. The Labute approximate surface area is 130 Å². The molecule has 0 amide bonds. The van der Waals surface area contributed by atoms with Crippen LogP contribution >= 0.6 is 23.1 Å². The van der Waals surface area contributed by atoms with Crippen molar-refractivity contribution in [3.63, 3.8) is 0 Å². The van der Waals surface area contributed by atoms with Crippen molar-refractivity contribution in [1.29, 1.82) is 0 Å². The Morgan fingerprint density at radius 1 is 1.29 bits per heavy atom. The highest BCUT2D eigenvalue weighted by molar-refractivity contribution is 7.99. The lowest BCUT2D eigenvalue weighted by molar-refractivity contribution is 0.663. The second-order valence-electron chi connectivity index (χ2n) is 4.78. The third-order valence-corrected chi connectivity index (χ3v) is 5.52. The van der Waals surface area contributed by atoms with E-state index in [0.29, 0.717) is 11.6 Å². The van der Waals surface area contributed by atoms with Gasteiger partial charge in [0.05, 0.1) is 10.6 Å². The number of fused-ring (bicyclic) bond motifs is 1. The first-order chi connectivity index (χ1) is 9.97. The van der Waals surface area contributed by atoms with Crippen LogP contribution in [0.15, 0.2) is 5.16 Å². The van der Waals surface area contributed by atoms with Crippen LogP contribution in [0.4, 0.5) is 5.82 Å². The summed E-state index contributed by atoms with van der Waals surface area (Å²) >= 11 is 3.16. The summed E-state index contributed by atoms with van der Waals surface area (Å²) in [5, 5.41) is 13.1. The molecule has 0 saturated carbocycles. The average Bonchev–Trinajstić information content (AvgIpc) is 2.95. The van der Waals surface area contributed by atoms with Crippen molar-refractivity contribution in [2.45, 2.75) is 31.2 Å². The Morgan fingerprint density at radius 3 is 2.71 bits per heavy atom. The second-order valence-corrected chi connectivity index (χ2v) is 7.29. The van der Waals surface area contributed by atoms with Gasteiger partial charge in [-0.15, -0.1) is 16.4 Å². The summed E-state index contributed by atoms with van der Waals surface area (Å²) in [5.41, 5.74) is 7.28. The van der Waals surface area contributed by atoms with Gasteiger partial charge in [-0.1, -0.05) is 11.8 Å². The van der Waals surface area contributed by atoms with Gasteiger partial charge in [0.15, 0.2) is 0 Å². The third-order valence-electron chi connectivity index (χ3n) is 3.30. The normalized spacial score (nSPS) is 13.0. The summed E-state index contributed by atoms with van der Waals surface area (Å²) in [5.74, 6) is 1.25. The Bertz CT molecular complexity index is 807. The number of anilines is 1. The molecule has 1 atom stereocenters. The van der Waals surface area contributed by atoms with Crippen LogP contribution in [0.3, 0.4) is 0 Å². The first kappa shape index (κ1) is 14.2. The SMILES string of the molecule is Cc1sc2nc(C(C)Sc3nnnn3C)nc(N)c2c1C. The van der Waals surface area contributed by atoms with E-state index in [1.807, 2.05) is 6.92 Å². The maximum Gasteiger partial charge on any atom is 0.209 e. The molecule has 0 saturated heterocycles. The monoisotopic (exact) mass is 321 g/mol. The molecule has 7 nitrogen and oxygen atoms in total. The lowest BCUT2D eigenvalue weighted by Crippen LogP contribution is -2.03. The molecule has 1 unspecified atom stereocenters. The quantitative estimate of drug-likeness (QED) is 0.739. The van der Waals surface area contributed by atoms with E-state index in [1.165, 1.54) is 16.6 Å². The van der Waals surface area contributed by atoms with Crippen LogP contribution < -0.4 is 5.73 Å². The summed E-state index contributed by atoms with van der Waals surface area (Å²) in [6.45, 7) is 6.15. The maximum atomic E-state index is 6.11. The molecule has 0 fully saturated rings. The zero-order valence-corrected chi connectivity index (χ0v) is 13.8. The first-order valence-electron chi connectivity index (χ1n) is 6.39. The van der Waals surface area contributed by atoms with Crippen molar-refractivity contribution < 1.29 is 0 Å². The fourth-order valence-electron chi connectivity index (χ4n) is 2.01. The number of nitrogens with two attached hydrogens (primary N) is 1. The highest BCUT2D eigenvalue weighted by atomic mass is 32.2. The second kappa shape index (κ2) is 5.23. The zero-order chi connectivity index (χ0) is 15.1. The van der Waals surface area contributed by atoms with Crippen LogP contribution in [-0.4, -0.2) is 30.2 Å². The molecule has 9 heteroatoms. The van der Waals surface area contributed by atoms with Crippen LogP contribution in [0.1, 0.15) is 28.4 Å². The summed E-state index contributed by atoms with van der Waals surface area (Å²) in [4.78, 5) is 11.3. The van der Waals surface area contributed by atoms with E-state index in [0.717, 1.165) is 20.9 Å². The lowest BCUT2D eigenvalue weighted by atomic mass is 10.2. The Hall–Kier alpha value is -1.74. The van der Waals surface area contributed by atoms with E-state index in [-0.39, 0.29) is 5.25 Å². The number of hydrogen-bond donors (Lipinski definition) is 1. The van der Waals surface area contributed by atoms with Crippen LogP contribution in [0, 0.1) is 13.8 Å². The zero-order valence-electron chi connectivity index (χ0n) is 12.2. The molecule has 0 aliphatic carbocycles. The number of nitrogen functional groups attached to an aromatic ring is 1. The van der Waals surface area contributed by atoms with Gasteiger partial charge in [-0.2, -0.15) is 0 Å². The van der Waals surface area contributed by atoms with Gasteiger partial charge in [-0.05, 0) is 36.8 Å². The number of aryl methyl sites for hydroxylation is 3. The minimum atomic E-state index is 0.0177. The van der Waals surface area contributed by atoms with Crippen LogP contribution in [0.25, 0.3) is 10.2 Å². The predicted molar refractivity (Wildman–Crippen MR) is 84.4 cm³/mol. The molecule has 0 aliphatic heterocycles. The summed E-state index contributed by atoms with van der Waals surface area (Å²) in [6.07, 6.45) is 0. The van der Waals surface area contributed by atoms with Crippen molar-refractivity contribution >= 4 is 39.1 Å². The molecule has 3 aromatic heterocycles. The summed E-state index contributed by atoms with van der Waals surface area (Å²) < 4.78 is 1.63. The number of rotatable bonds is 3. The first-order valence-corrected chi connectivity index (χ1v) is 8.09. The molecule has 0 radical (unpaired) electrons. The Balaban J connectivity index is 1.99. The fraction of sp³-hybridized carbons (Fsp3) is 0.417. The number of nitrogens with zero attached hydrogens (tertiary/aromatic N) is 6. The number of tetrazole rings is 1. The summed E-state index contributed by atoms with van der Waals surface area (Å²) in [6, 6.07) is 0. The van der Waals surface area contributed by atoms with Gasteiger partial charge < -0.3 is 5.73 Å². The van der Waals surface area contributed by atoms with Crippen molar-refractivity contribution in [3.8, 4) is 0 Å². The van der Waals surface area contributed by atoms with E-state index >= 15 is 0 Å². The van der Waals surface area contributed by atoms with Crippen molar-refractivity contribution in [3.05, 3.63) is 16.3 Å². The number of thioether (sulfide) groups is 1. The number of hydrogen-bond acceptors (Lipinski definition) is 8. The highest BCUT2D eigenvalue weighted by Gasteiger charge is 2.18. The largest absolute Gasteiger partial charge is 0.383 e. The van der Waals surface area contributed by atoms with Crippen LogP contribution in [0.2, 0.25) is 0 Å². The average molecular weight is 321 g/mol. The lowest BCUT2D eigenvalue weighted by Gasteiger charge is -2.09. The van der Waals surface area contributed by atoms with Gasteiger partial charge in [0.1, 0.15) is 16.5 Å². The summed E-state index contributed by atoms with van der Waals surface area (Å²) in [7, 11) is 1.81. The highest BCUT2D eigenvalue weighted by Crippen LogP contribution is 2.36. The molecule has 110 valence electrons. The van der Waals surface area contributed by atoms with Gasteiger partial charge in [0.25, 0.3) is 0 Å². The van der Waals surface area contributed by atoms with Crippen molar-refractivity contribution in [1.82, 2.24) is 30.2 Å². The maximum absolute atomic E-state index is 6.11. The standard InChI is InChI=1S/C12H15N7S2/c1-5-6(2)20-11-8(5)9(13)14-10(15-11)7(3)21-12-16-17-18-19(12)4/h7H,1-4H3,(H2,13,14,15). The number of thiophene rings is 1. The molecule has 0 bridgehead atoms.